The summed E-state index contributed by atoms with van der Waals surface area (Å²) in [6.07, 6.45) is 2.06. The lowest BCUT2D eigenvalue weighted by molar-refractivity contribution is -0.125. The van der Waals surface area contributed by atoms with E-state index < -0.39 is 0 Å². The Balaban J connectivity index is 2.18. The number of rotatable bonds is 4. The van der Waals surface area contributed by atoms with Gasteiger partial charge in [-0.1, -0.05) is 0 Å². The van der Waals surface area contributed by atoms with E-state index in [9.17, 15) is 4.79 Å². The van der Waals surface area contributed by atoms with Gasteiger partial charge in [-0.3, -0.25) is 4.79 Å². The molecule has 0 radical (unpaired) electrons. The van der Waals surface area contributed by atoms with E-state index in [1.807, 2.05) is 0 Å². The molecule has 1 N–H and O–H groups in total. The van der Waals surface area contributed by atoms with Crippen LogP contribution in [0.25, 0.3) is 0 Å². The third-order valence-electron chi connectivity index (χ3n) is 2.44. The Morgan fingerprint density at radius 2 is 2.27 bits per heavy atom. The van der Waals surface area contributed by atoms with Crippen molar-refractivity contribution in [3.05, 3.63) is 0 Å². The molecule has 0 aromatic heterocycles. The van der Waals surface area contributed by atoms with Crippen LogP contribution in [0.5, 0.6) is 0 Å². The normalized spacial score (nSPS) is 22.9. The topological polar surface area (TPSA) is 41.6 Å². The van der Waals surface area contributed by atoms with Crippen molar-refractivity contribution in [3.63, 3.8) is 0 Å². The minimum atomic E-state index is 0.152. The van der Waals surface area contributed by atoms with E-state index in [0.29, 0.717) is 6.61 Å². The summed E-state index contributed by atoms with van der Waals surface area (Å²) < 4.78 is 5.58. The van der Waals surface area contributed by atoms with Crippen molar-refractivity contribution in [1.29, 1.82) is 0 Å². The quantitative estimate of drug-likeness (QED) is 0.698. The number of morpholine rings is 1. The summed E-state index contributed by atoms with van der Waals surface area (Å²) in [4.78, 5) is 12.4. The Kier molecular flexibility index (Phi) is 4.54. The van der Waals surface area contributed by atoms with Gasteiger partial charge in [-0.05, 0) is 33.7 Å². The molecule has 0 spiro atoms. The Morgan fingerprint density at radius 1 is 1.53 bits per heavy atom. The smallest absolute Gasteiger partial charge is 0.209 e. The van der Waals surface area contributed by atoms with Crippen LogP contribution < -0.4 is 5.32 Å². The Morgan fingerprint density at radius 3 is 2.87 bits per heavy atom. The molecule has 0 aliphatic carbocycles. The van der Waals surface area contributed by atoms with Crippen LogP contribution in [-0.2, 0) is 9.53 Å². The van der Waals surface area contributed by atoms with Gasteiger partial charge in [-0.15, -0.1) is 0 Å². The maximum atomic E-state index is 10.6. The van der Waals surface area contributed by atoms with Gasteiger partial charge in [-0.2, -0.15) is 0 Å². The first kappa shape index (κ1) is 12.5. The molecule has 88 valence electrons. The molecule has 1 atom stereocenters. The number of carbonyl (C=O) groups is 1. The van der Waals surface area contributed by atoms with Crippen molar-refractivity contribution < 1.29 is 9.53 Å². The first-order valence-electron chi connectivity index (χ1n) is 5.57. The molecule has 1 heterocycles. The molecule has 1 fully saturated rings. The van der Waals surface area contributed by atoms with E-state index in [4.69, 9.17) is 4.74 Å². The van der Waals surface area contributed by atoms with Crippen molar-refractivity contribution >= 4 is 6.41 Å². The monoisotopic (exact) mass is 214 g/mol. The summed E-state index contributed by atoms with van der Waals surface area (Å²) >= 11 is 0. The van der Waals surface area contributed by atoms with Gasteiger partial charge < -0.3 is 15.0 Å². The average molecular weight is 214 g/mol. The number of hydrogen-bond acceptors (Lipinski definition) is 3. The SMILES string of the molecule is CC(C)(C)NCC[C@H]1CN(C=O)CCO1. The van der Waals surface area contributed by atoms with Gasteiger partial charge in [-0.25, -0.2) is 0 Å². The number of nitrogens with zero attached hydrogens (tertiary/aromatic N) is 1. The number of nitrogens with one attached hydrogen (secondary N) is 1. The summed E-state index contributed by atoms with van der Waals surface area (Å²) in [6.45, 7) is 9.49. The van der Waals surface area contributed by atoms with E-state index in [1.54, 1.807) is 4.90 Å². The Hall–Kier alpha value is -0.610. The minimum Gasteiger partial charge on any atom is -0.374 e. The molecular weight excluding hydrogens is 192 g/mol. The van der Waals surface area contributed by atoms with Crippen LogP contribution >= 0.6 is 0 Å². The number of amides is 1. The van der Waals surface area contributed by atoms with E-state index in [1.165, 1.54) is 0 Å². The zero-order valence-corrected chi connectivity index (χ0v) is 9.95. The summed E-state index contributed by atoms with van der Waals surface area (Å²) in [5, 5.41) is 3.42. The number of ether oxygens (including phenoxy) is 1. The zero-order chi connectivity index (χ0) is 11.3. The lowest BCUT2D eigenvalue weighted by atomic mass is 10.1. The second-order valence-electron chi connectivity index (χ2n) is 5.06. The van der Waals surface area contributed by atoms with Crippen molar-refractivity contribution in [2.45, 2.75) is 38.8 Å². The highest BCUT2D eigenvalue weighted by Gasteiger charge is 2.19. The molecule has 1 amide bonds. The average Bonchev–Trinajstić information content (AvgIpc) is 2.16. The molecule has 0 bridgehead atoms. The molecule has 0 aromatic rings. The summed E-state index contributed by atoms with van der Waals surface area (Å²) in [5.74, 6) is 0. The van der Waals surface area contributed by atoms with Crippen LogP contribution in [0, 0.1) is 0 Å². The van der Waals surface area contributed by atoms with Crippen molar-refractivity contribution in [2.75, 3.05) is 26.2 Å². The highest BCUT2D eigenvalue weighted by molar-refractivity contribution is 5.47. The van der Waals surface area contributed by atoms with Gasteiger partial charge in [0.05, 0.1) is 12.7 Å². The van der Waals surface area contributed by atoms with Crippen LogP contribution in [0.15, 0.2) is 0 Å². The van der Waals surface area contributed by atoms with Gasteiger partial charge in [0, 0.05) is 18.6 Å². The third-order valence-corrected chi connectivity index (χ3v) is 2.44. The highest BCUT2D eigenvalue weighted by Crippen LogP contribution is 2.07. The molecule has 4 heteroatoms. The van der Waals surface area contributed by atoms with E-state index in [0.717, 1.165) is 32.5 Å². The van der Waals surface area contributed by atoms with Crippen LogP contribution in [0.1, 0.15) is 27.2 Å². The molecule has 15 heavy (non-hydrogen) atoms. The van der Waals surface area contributed by atoms with Gasteiger partial charge in [0.25, 0.3) is 0 Å². The minimum absolute atomic E-state index is 0.152. The van der Waals surface area contributed by atoms with E-state index in [2.05, 4.69) is 26.1 Å². The largest absolute Gasteiger partial charge is 0.374 e. The van der Waals surface area contributed by atoms with Gasteiger partial charge in [0.1, 0.15) is 0 Å². The first-order valence-corrected chi connectivity index (χ1v) is 5.57. The molecule has 0 aromatic carbocycles. The van der Waals surface area contributed by atoms with E-state index >= 15 is 0 Å². The van der Waals surface area contributed by atoms with Crippen molar-refractivity contribution in [1.82, 2.24) is 10.2 Å². The molecule has 1 saturated heterocycles. The Labute approximate surface area is 92.0 Å². The second kappa shape index (κ2) is 5.47. The standard InChI is InChI=1S/C11H22N2O2/c1-11(2,3)12-5-4-10-8-13(9-14)6-7-15-10/h9-10,12H,4-8H2,1-3H3/t10-/m0/s1. The van der Waals surface area contributed by atoms with Crippen LogP contribution in [0.3, 0.4) is 0 Å². The fraction of sp³-hybridized carbons (Fsp3) is 0.909. The molecule has 0 saturated carbocycles. The fourth-order valence-electron chi connectivity index (χ4n) is 1.62. The second-order valence-corrected chi connectivity index (χ2v) is 5.06. The molecular formula is C11H22N2O2. The highest BCUT2D eigenvalue weighted by atomic mass is 16.5. The summed E-state index contributed by atoms with van der Waals surface area (Å²) in [6, 6.07) is 0. The molecule has 1 rings (SSSR count). The maximum Gasteiger partial charge on any atom is 0.209 e. The van der Waals surface area contributed by atoms with Gasteiger partial charge in [0.15, 0.2) is 0 Å². The molecule has 1 aliphatic rings. The van der Waals surface area contributed by atoms with Crippen LogP contribution in [0.4, 0.5) is 0 Å². The first-order chi connectivity index (χ1) is 7.01. The van der Waals surface area contributed by atoms with Gasteiger partial charge >= 0.3 is 0 Å². The van der Waals surface area contributed by atoms with Crippen LogP contribution in [0.2, 0.25) is 0 Å². The summed E-state index contributed by atoms with van der Waals surface area (Å²) in [5.41, 5.74) is 0.152. The maximum absolute atomic E-state index is 10.6. The van der Waals surface area contributed by atoms with Crippen LogP contribution in [-0.4, -0.2) is 49.2 Å². The lowest BCUT2D eigenvalue weighted by Crippen LogP contribution is -2.44. The third kappa shape index (κ3) is 5.14. The number of hydrogen-bond donors (Lipinski definition) is 1. The predicted molar refractivity (Wildman–Crippen MR) is 59.7 cm³/mol. The number of carbonyl (C=O) groups excluding carboxylic acids is 1. The predicted octanol–water partition coefficient (Wildman–Crippen LogP) is 0.622. The lowest BCUT2D eigenvalue weighted by Gasteiger charge is -2.31. The van der Waals surface area contributed by atoms with Crippen molar-refractivity contribution in [2.24, 2.45) is 0 Å². The van der Waals surface area contributed by atoms with Crippen molar-refractivity contribution in [3.8, 4) is 0 Å². The Bertz CT molecular complexity index is 201. The molecule has 1 aliphatic heterocycles. The zero-order valence-electron chi connectivity index (χ0n) is 9.95. The molecule has 0 unspecified atom stereocenters. The summed E-state index contributed by atoms with van der Waals surface area (Å²) in [7, 11) is 0. The fourth-order valence-corrected chi connectivity index (χ4v) is 1.62. The molecule has 4 nitrogen and oxygen atoms in total. The van der Waals surface area contributed by atoms with E-state index in [-0.39, 0.29) is 11.6 Å². The van der Waals surface area contributed by atoms with Gasteiger partial charge in [0.2, 0.25) is 6.41 Å².